The Hall–Kier alpha value is -1.68. The van der Waals surface area contributed by atoms with Crippen molar-refractivity contribution in [1.29, 1.82) is 0 Å². The normalized spacial score (nSPS) is 20.4. The van der Waals surface area contributed by atoms with Crippen LogP contribution in [-0.2, 0) is 0 Å². The molecule has 1 aliphatic heterocycles. The lowest BCUT2D eigenvalue weighted by atomic mass is 9.90. The maximum atomic E-state index is 4.23. The smallest absolute Gasteiger partial charge is 0.138 e. The fourth-order valence-corrected chi connectivity index (χ4v) is 2.49. The van der Waals surface area contributed by atoms with Gasteiger partial charge in [0.1, 0.15) is 12.7 Å². The summed E-state index contributed by atoms with van der Waals surface area (Å²) in [6.07, 6.45) is 5.83. The van der Waals surface area contributed by atoms with E-state index >= 15 is 0 Å². The molecule has 0 radical (unpaired) electrons. The molecule has 3 rings (SSSR count). The van der Waals surface area contributed by atoms with E-state index in [9.17, 15) is 0 Å². The largest absolute Gasteiger partial charge is 0.316 e. The summed E-state index contributed by atoms with van der Waals surface area (Å²) in [6, 6.07) is 8.47. The number of hydrogen-bond acceptors (Lipinski definition) is 3. The molecule has 1 N–H and O–H groups in total. The van der Waals surface area contributed by atoms with Crippen LogP contribution in [0.1, 0.15) is 24.3 Å². The predicted octanol–water partition coefficient (Wildman–Crippen LogP) is 1.73. The Balaban J connectivity index is 1.98. The van der Waals surface area contributed by atoms with Crippen molar-refractivity contribution in [2.24, 2.45) is 0 Å². The topological polar surface area (TPSA) is 42.7 Å². The van der Waals surface area contributed by atoms with Gasteiger partial charge in [0.2, 0.25) is 0 Å². The molecular formula is C13H16N4. The molecule has 2 heterocycles. The van der Waals surface area contributed by atoms with E-state index in [1.54, 1.807) is 12.7 Å². The van der Waals surface area contributed by atoms with Gasteiger partial charge in [-0.25, -0.2) is 9.67 Å². The first-order valence-corrected chi connectivity index (χ1v) is 6.10. The van der Waals surface area contributed by atoms with Gasteiger partial charge in [-0.15, -0.1) is 0 Å². The predicted molar refractivity (Wildman–Crippen MR) is 66.2 cm³/mol. The third-order valence-corrected chi connectivity index (χ3v) is 3.34. The van der Waals surface area contributed by atoms with E-state index in [1.165, 1.54) is 18.4 Å². The van der Waals surface area contributed by atoms with Gasteiger partial charge in [-0.05, 0) is 36.9 Å². The summed E-state index contributed by atoms with van der Waals surface area (Å²) in [4.78, 5) is 4.02. The molecule has 1 aromatic carbocycles. The summed E-state index contributed by atoms with van der Waals surface area (Å²) >= 11 is 0. The minimum absolute atomic E-state index is 0.587. The zero-order valence-corrected chi connectivity index (χ0v) is 9.71. The monoisotopic (exact) mass is 228 g/mol. The van der Waals surface area contributed by atoms with Crippen LogP contribution in [0.15, 0.2) is 36.9 Å². The van der Waals surface area contributed by atoms with Gasteiger partial charge in [0.25, 0.3) is 0 Å². The van der Waals surface area contributed by atoms with Crippen molar-refractivity contribution in [1.82, 2.24) is 20.1 Å². The molecule has 1 atom stereocenters. The highest BCUT2D eigenvalue weighted by atomic mass is 15.3. The second-order valence-electron chi connectivity index (χ2n) is 4.44. The molecule has 1 saturated heterocycles. The molecule has 1 unspecified atom stereocenters. The van der Waals surface area contributed by atoms with Crippen LogP contribution in [-0.4, -0.2) is 27.9 Å². The molecule has 4 nitrogen and oxygen atoms in total. The summed E-state index contributed by atoms with van der Waals surface area (Å²) in [5.41, 5.74) is 2.52. The Labute approximate surface area is 101 Å². The van der Waals surface area contributed by atoms with Crippen LogP contribution in [0.25, 0.3) is 5.69 Å². The summed E-state index contributed by atoms with van der Waals surface area (Å²) in [7, 11) is 0. The quantitative estimate of drug-likeness (QED) is 0.851. The second-order valence-corrected chi connectivity index (χ2v) is 4.44. The molecule has 2 aromatic rings. The number of piperidine rings is 1. The number of nitrogens with one attached hydrogen (secondary N) is 1. The van der Waals surface area contributed by atoms with Crippen molar-refractivity contribution in [3.8, 4) is 5.69 Å². The Morgan fingerprint density at radius 1 is 1.29 bits per heavy atom. The number of rotatable bonds is 2. The van der Waals surface area contributed by atoms with Gasteiger partial charge >= 0.3 is 0 Å². The maximum absolute atomic E-state index is 4.23. The number of para-hydroxylation sites is 1. The molecule has 0 saturated carbocycles. The van der Waals surface area contributed by atoms with Crippen LogP contribution in [0.5, 0.6) is 0 Å². The fraction of sp³-hybridized carbons (Fsp3) is 0.385. The van der Waals surface area contributed by atoms with E-state index in [2.05, 4.69) is 39.7 Å². The van der Waals surface area contributed by atoms with E-state index < -0.39 is 0 Å². The average Bonchev–Trinajstić information content (AvgIpc) is 2.94. The zero-order chi connectivity index (χ0) is 11.5. The van der Waals surface area contributed by atoms with Crippen molar-refractivity contribution in [2.45, 2.75) is 18.8 Å². The first kappa shape index (κ1) is 10.5. The molecule has 1 fully saturated rings. The first-order valence-electron chi connectivity index (χ1n) is 6.10. The number of benzene rings is 1. The Morgan fingerprint density at radius 3 is 3.00 bits per heavy atom. The highest BCUT2D eigenvalue weighted by molar-refractivity contribution is 5.42. The zero-order valence-electron chi connectivity index (χ0n) is 9.71. The van der Waals surface area contributed by atoms with Gasteiger partial charge in [-0.1, -0.05) is 18.2 Å². The Morgan fingerprint density at radius 2 is 2.24 bits per heavy atom. The average molecular weight is 228 g/mol. The van der Waals surface area contributed by atoms with Crippen LogP contribution < -0.4 is 5.32 Å². The van der Waals surface area contributed by atoms with Gasteiger partial charge in [0.05, 0.1) is 5.69 Å². The Kier molecular flexibility index (Phi) is 2.88. The lowest BCUT2D eigenvalue weighted by molar-refractivity contribution is 0.460. The first-order chi connectivity index (χ1) is 8.45. The van der Waals surface area contributed by atoms with Gasteiger partial charge in [-0.2, -0.15) is 5.10 Å². The third-order valence-electron chi connectivity index (χ3n) is 3.34. The Bertz CT molecular complexity index is 472. The van der Waals surface area contributed by atoms with E-state index in [1.807, 2.05) is 4.68 Å². The van der Waals surface area contributed by atoms with Gasteiger partial charge < -0.3 is 5.32 Å². The summed E-state index contributed by atoms with van der Waals surface area (Å²) in [5.74, 6) is 0.587. The molecular weight excluding hydrogens is 212 g/mol. The van der Waals surface area contributed by atoms with Crippen LogP contribution in [0.3, 0.4) is 0 Å². The van der Waals surface area contributed by atoms with Crippen LogP contribution in [0, 0.1) is 0 Å². The van der Waals surface area contributed by atoms with Crippen LogP contribution in [0.2, 0.25) is 0 Å². The molecule has 88 valence electrons. The van der Waals surface area contributed by atoms with Crippen LogP contribution in [0.4, 0.5) is 0 Å². The van der Waals surface area contributed by atoms with Crippen molar-refractivity contribution in [3.63, 3.8) is 0 Å². The van der Waals surface area contributed by atoms with Crippen molar-refractivity contribution >= 4 is 0 Å². The third kappa shape index (κ3) is 2.08. The van der Waals surface area contributed by atoms with E-state index in [-0.39, 0.29) is 0 Å². The van der Waals surface area contributed by atoms with Crippen molar-refractivity contribution < 1.29 is 0 Å². The van der Waals surface area contributed by atoms with E-state index in [0.29, 0.717) is 5.92 Å². The molecule has 1 aromatic heterocycles. The lowest BCUT2D eigenvalue weighted by Crippen LogP contribution is -2.29. The van der Waals surface area contributed by atoms with E-state index in [4.69, 9.17) is 0 Å². The van der Waals surface area contributed by atoms with Crippen molar-refractivity contribution in [3.05, 3.63) is 42.5 Å². The SMILES string of the molecule is c1ccc(-n2cncn2)c(C2CCCNC2)c1. The molecule has 17 heavy (non-hydrogen) atoms. The van der Waals surface area contributed by atoms with Gasteiger partial charge in [0, 0.05) is 6.54 Å². The maximum Gasteiger partial charge on any atom is 0.138 e. The minimum Gasteiger partial charge on any atom is -0.316 e. The standard InChI is InChI=1S/C13H16N4/c1-2-6-13(17-10-15-9-16-17)12(5-1)11-4-3-7-14-8-11/h1-2,5-6,9-11,14H,3-4,7-8H2. The number of nitrogens with zero attached hydrogens (tertiary/aromatic N) is 3. The second kappa shape index (κ2) is 4.67. The highest BCUT2D eigenvalue weighted by Gasteiger charge is 2.18. The fourth-order valence-electron chi connectivity index (χ4n) is 2.49. The molecule has 0 aliphatic carbocycles. The highest BCUT2D eigenvalue weighted by Crippen LogP contribution is 2.27. The number of aromatic nitrogens is 3. The van der Waals surface area contributed by atoms with Gasteiger partial charge in [-0.3, -0.25) is 0 Å². The molecule has 4 heteroatoms. The minimum atomic E-state index is 0.587. The lowest BCUT2D eigenvalue weighted by Gasteiger charge is -2.24. The summed E-state index contributed by atoms with van der Waals surface area (Å²) < 4.78 is 1.85. The molecule has 1 aliphatic rings. The van der Waals surface area contributed by atoms with E-state index in [0.717, 1.165) is 18.8 Å². The summed E-state index contributed by atoms with van der Waals surface area (Å²) in [6.45, 7) is 2.20. The molecule has 0 bridgehead atoms. The van der Waals surface area contributed by atoms with Crippen molar-refractivity contribution in [2.75, 3.05) is 13.1 Å². The van der Waals surface area contributed by atoms with Gasteiger partial charge in [0.15, 0.2) is 0 Å². The summed E-state index contributed by atoms with van der Waals surface area (Å²) in [5, 5.41) is 7.69. The van der Waals surface area contributed by atoms with Crippen LogP contribution >= 0.6 is 0 Å². The number of hydrogen-bond donors (Lipinski definition) is 1. The molecule has 0 spiro atoms. The molecule has 0 amide bonds.